The lowest BCUT2D eigenvalue weighted by Gasteiger charge is -2.09. The predicted octanol–water partition coefficient (Wildman–Crippen LogP) is 3.23. The van der Waals surface area contributed by atoms with Gasteiger partial charge in [-0.05, 0) is 30.3 Å². The minimum absolute atomic E-state index is 0.336. The number of aromatic nitrogens is 2. The lowest BCUT2D eigenvalue weighted by molar-refractivity contribution is 0.0967. The molecule has 0 bridgehead atoms. The number of carbonyl (C=O) groups excluding carboxylic acids is 2. The maximum Gasteiger partial charge on any atom is 0.326 e. The molecular weight excluding hydrogens is 320 g/mol. The smallest absolute Gasteiger partial charge is 0.326 e. The van der Waals surface area contributed by atoms with Crippen LogP contribution in [0.4, 0.5) is 10.5 Å². The number of hydrogen-bond acceptors (Lipinski definition) is 5. The van der Waals surface area contributed by atoms with Gasteiger partial charge >= 0.3 is 6.03 Å². The Bertz CT molecular complexity index is 870. The Morgan fingerprint density at radius 2 is 1.76 bits per heavy atom. The van der Waals surface area contributed by atoms with Gasteiger partial charge in [-0.15, -0.1) is 5.10 Å². The Labute approximate surface area is 143 Å². The maximum absolute atomic E-state index is 12.0. The molecule has 0 aliphatic heterocycles. The Balaban J connectivity index is 1.62. The quantitative estimate of drug-likeness (QED) is 0.764. The molecule has 124 valence electrons. The van der Waals surface area contributed by atoms with Crippen LogP contribution in [0.25, 0.3) is 0 Å². The summed E-state index contributed by atoms with van der Waals surface area (Å²) < 4.78 is 5.54. The second kappa shape index (κ2) is 7.69. The number of ether oxygens (including phenoxy) is 1. The van der Waals surface area contributed by atoms with Crippen LogP contribution in [0, 0.1) is 0 Å². The number of anilines is 1. The highest BCUT2D eigenvalue weighted by Gasteiger charge is 2.10. The summed E-state index contributed by atoms with van der Waals surface area (Å²) in [7, 11) is 0. The summed E-state index contributed by atoms with van der Waals surface area (Å²) in [6, 6.07) is 17.9. The van der Waals surface area contributed by atoms with Crippen LogP contribution in [0.2, 0.25) is 0 Å². The molecule has 2 aromatic carbocycles. The molecule has 0 fully saturated rings. The van der Waals surface area contributed by atoms with E-state index in [0.717, 1.165) is 0 Å². The van der Waals surface area contributed by atoms with Crippen molar-refractivity contribution in [2.75, 3.05) is 5.32 Å². The average Bonchev–Trinajstić information content (AvgIpc) is 2.63. The summed E-state index contributed by atoms with van der Waals surface area (Å²) in [6.07, 6.45) is 1.54. The molecule has 3 rings (SSSR count). The van der Waals surface area contributed by atoms with Crippen molar-refractivity contribution in [2.45, 2.75) is 0 Å². The van der Waals surface area contributed by atoms with Gasteiger partial charge in [-0.1, -0.05) is 24.3 Å². The van der Waals surface area contributed by atoms with E-state index in [1.165, 1.54) is 0 Å². The van der Waals surface area contributed by atoms with Gasteiger partial charge in [0.25, 0.3) is 5.91 Å². The second-order valence-corrected chi connectivity index (χ2v) is 4.97. The highest BCUT2D eigenvalue weighted by Crippen LogP contribution is 2.22. The van der Waals surface area contributed by atoms with E-state index >= 15 is 0 Å². The minimum atomic E-state index is -0.634. The van der Waals surface area contributed by atoms with Crippen LogP contribution in [0.15, 0.2) is 72.9 Å². The third-order valence-electron chi connectivity index (χ3n) is 3.13. The first-order valence-electron chi connectivity index (χ1n) is 7.44. The van der Waals surface area contributed by atoms with Gasteiger partial charge in [-0.25, -0.2) is 4.79 Å². The molecule has 0 aliphatic carbocycles. The van der Waals surface area contributed by atoms with Crippen molar-refractivity contribution >= 4 is 17.6 Å². The van der Waals surface area contributed by atoms with E-state index in [1.807, 2.05) is 0 Å². The summed E-state index contributed by atoms with van der Waals surface area (Å²) in [5.74, 6) is 0.334. The molecule has 1 aromatic heterocycles. The number of imide groups is 1. The van der Waals surface area contributed by atoms with E-state index < -0.39 is 11.9 Å². The number of rotatable bonds is 4. The van der Waals surface area contributed by atoms with Crippen molar-refractivity contribution in [3.05, 3.63) is 78.5 Å². The van der Waals surface area contributed by atoms with Crippen LogP contribution >= 0.6 is 0 Å². The van der Waals surface area contributed by atoms with Crippen LogP contribution in [0.3, 0.4) is 0 Å². The zero-order chi connectivity index (χ0) is 17.5. The van der Waals surface area contributed by atoms with E-state index in [0.29, 0.717) is 22.9 Å². The zero-order valence-corrected chi connectivity index (χ0v) is 13.0. The van der Waals surface area contributed by atoms with Crippen LogP contribution in [0.1, 0.15) is 10.4 Å². The number of carbonyl (C=O) groups is 2. The van der Waals surface area contributed by atoms with Gasteiger partial charge in [0.1, 0.15) is 5.75 Å². The van der Waals surface area contributed by atoms with Crippen molar-refractivity contribution < 1.29 is 14.3 Å². The predicted molar refractivity (Wildman–Crippen MR) is 91.5 cm³/mol. The highest BCUT2D eigenvalue weighted by atomic mass is 16.5. The van der Waals surface area contributed by atoms with Gasteiger partial charge in [0.05, 0.1) is 0 Å². The van der Waals surface area contributed by atoms with Crippen LogP contribution in [-0.4, -0.2) is 22.1 Å². The largest absolute Gasteiger partial charge is 0.437 e. The van der Waals surface area contributed by atoms with Crippen molar-refractivity contribution in [1.82, 2.24) is 15.5 Å². The van der Waals surface area contributed by atoms with Crippen LogP contribution in [0.5, 0.6) is 11.6 Å². The van der Waals surface area contributed by atoms with Gasteiger partial charge in [-0.3, -0.25) is 10.1 Å². The molecule has 0 atom stereocenters. The Morgan fingerprint density at radius 1 is 0.920 bits per heavy atom. The molecule has 0 saturated heterocycles. The molecule has 7 nitrogen and oxygen atoms in total. The summed E-state index contributed by atoms with van der Waals surface area (Å²) in [5.41, 5.74) is 0.872. The van der Waals surface area contributed by atoms with Gasteiger partial charge in [-0.2, -0.15) is 5.10 Å². The molecule has 0 unspecified atom stereocenters. The lowest BCUT2D eigenvalue weighted by Crippen LogP contribution is -2.34. The van der Waals surface area contributed by atoms with E-state index in [1.54, 1.807) is 72.9 Å². The van der Waals surface area contributed by atoms with Crippen molar-refractivity contribution in [2.24, 2.45) is 0 Å². The third-order valence-corrected chi connectivity index (χ3v) is 3.13. The highest BCUT2D eigenvalue weighted by molar-refractivity contribution is 6.07. The van der Waals surface area contributed by atoms with E-state index in [2.05, 4.69) is 20.8 Å². The van der Waals surface area contributed by atoms with Gasteiger partial charge in [0, 0.05) is 29.6 Å². The monoisotopic (exact) mass is 334 g/mol. The number of nitrogens with zero attached hydrogens (tertiary/aromatic N) is 2. The molecule has 2 N–H and O–H groups in total. The number of benzene rings is 2. The average molecular weight is 334 g/mol. The molecule has 1 heterocycles. The summed E-state index contributed by atoms with van der Waals surface area (Å²) >= 11 is 0. The molecule has 0 radical (unpaired) electrons. The molecule has 0 aliphatic rings. The minimum Gasteiger partial charge on any atom is -0.437 e. The third kappa shape index (κ3) is 4.61. The van der Waals surface area contributed by atoms with Gasteiger partial charge in [0.15, 0.2) is 0 Å². The molecule has 0 spiro atoms. The first-order valence-corrected chi connectivity index (χ1v) is 7.44. The normalized spacial score (nSPS) is 9.92. The Morgan fingerprint density at radius 3 is 2.52 bits per heavy atom. The van der Waals surface area contributed by atoms with Crippen molar-refractivity contribution in [3.8, 4) is 11.6 Å². The molecule has 25 heavy (non-hydrogen) atoms. The van der Waals surface area contributed by atoms with E-state index in [4.69, 9.17) is 4.74 Å². The van der Waals surface area contributed by atoms with Gasteiger partial charge < -0.3 is 10.1 Å². The summed E-state index contributed by atoms with van der Waals surface area (Å²) in [6.45, 7) is 0. The number of urea groups is 1. The second-order valence-electron chi connectivity index (χ2n) is 4.97. The van der Waals surface area contributed by atoms with E-state index in [9.17, 15) is 9.59 Å². The maximum atomic E-state index is 12.0. The number of hydrogen-bond donors (Lipinski definition) is 2. The van der Waals surface area contributed by atoms with Crippen molar-refractivity contribution in [3.63, 3.8) is 0 Å². The SMILES string of the molecule is O=C(NC(=O)c1ccccc1)Nc1cccc(Oc2cccnn2)c1. The summed E-state index contributed by atoms with van der Waals surface area (Å²) in [4.78, 5) is 23.9. The lowest BCUT2D eigenvalue weighted by atomic mass is 10.2. The fraction of sp³-hybridized carbons (Fsp3) is 0. The van der Waals surface area contributed by atoms with Gasteiger partial charge in [0.2, 0.25) is 5.88 Å². The summed E-state index contributed by atoms with van der Waals surface area (Å²) in [5, 5.41) is 12.4. The van der Waals surface area contributed by atoms with Crippen LogP contribution < -0.4 is 15.4 Å². The first-order chi connectivity index (χ1) is 12.2. The Hall–Kier alpha value is -3.74. The zero-order valence-electron chi connectivity index (χ0n) is 13.0. The fourth-order valence-corrected chi connectivity index (χ4v) is 2.03. The Kier molecular flexibility index (Phi) is 4.96. The topological polar surface area (TPSA) is 93.2 Å². The first kappa shape index (κ1) is 16.1. The number of nitrogens with one attached hydrogen (secondary N) is 2. The standard InChI is InChI=1S/C18H14N4O3/c23-17(13-6-2-1-3-7-13)21-18(24)20-14-8-4-9-15(12-14)25-16-10-5-11-19-22-16/h1-12H,(H2,20,21,23,24). The van der Waals surface area contributed by atoms with E-state index in [-0.39, 0.29) is 0 Å². The number of amides is 3. The molecule has 3 amide bonds. The van der Waals surface area contributed by atoms with Crippen LogP contribution in [-0.2, 0) is 0 Å². The molecule has 7 heteroatoms. The fourth-order valence-electron chi connectivity index (χ4n) is 2.03. The molecular formula is C18H14N4O3. The molecule has 0 saturated carbocycles. The van der Waals surface area contributed by atoms with Crippen molar-refractivity contribution in [1.29, 1.82) is 0 Å². The molecule has 3 aromatic rings.